The molecule has 0 saturated heterocycles. The van der Waals surface area contributed by atoms with E-state index in [2.05, 4.69) is 0 Å². The second-order valence-corrected chi connectivity index (χ2v) is 8.52. The van der Waals surface area contributed by atoms with Gasteiger partial charge in [-0.15, -0.1) is 11.8 Å². The predicted octanol–water partition coefficient (Wildman–Crippen LogP) is 2.18. The number of hydrogen-bond acceptors (Lipinski definition) is 9. The molecule has 1 rings (SSSR count). The second kappa shape index (κ2) is 18.9. The molecule has 196 valence electrons. The van der Waals surface area contributed by atoms with Crippen LogP contribution in [-0.2, 0) is 28.5 Å². The summed E-state index contributed by atoms with van der Waals surface area (Å²) < 4.78 is 21.0. The van der Waals surface area contributed by atoms with Gasteiger partial charge in [-0.05, 0) is 12.5 Å². The lowest BCUT2D eigenvalue weighted by atomic mass is 10.1. The molecule has 0 saturated carbocycles. The Kier molecular flexibility index (Phi) is 16.6. The SMILES string of the molecule is CCCC(C=O)N(C)C(=O)c1c(C=O)cccc1SCCOCCOCCOCCOCC(=O)O. The van der Waals surface area contributed by atoms with E-state index in [9.17, 15) is 19.2 Å². The Balaban J connectivity index is 2.35. The number of aldehydes is 2. The van der Waals surface area contributed by atoms with Crippen molar-refractivity contribution in [2.24, 2.45) is 0 Å². The zero-order valence-corrected chi connectivity index (χ0v) is 21.1. The van der Waals surface area contributed by atoms with E-state index in [0.717, 1.165) is 12.7 Å². The van der Waals surface area contributed by atoms with Gasteiger partial charge in [-0.1, -0.05) is 25.5 Å². The third-order valence-electron chi connectivity index (χ3n) is 4.79. The Morgan fingerprint density at radius 3 is 2.14 bits per heavy atom. The number of carboxylic acid groups (broad SMARTS) is 1. The quantitative estimate of drug-likeness (QED) is 0.148. The topological polar surface area (TPSA) is 129 Å². The first kappa shape index (κ1) is 30.7. The van der Waals surface area contributed by atoms with Crippen LogP contribution in [0.1, 0.15) is 40.5 Å². The Bertz CT molecular complexity index is 790. The Morgan fingerprint density at radius 2 is 1.60 bits per heavy atom. The van der Waals surface area contributed by atoms with E-state index in [-0.39, 0.29) is 24.7 Å². The maximum Gasteiger partial charge on any atom is 0.329 e. The summed E-state index contributed by atoms with van der Waals surface area (Å²) in [5.41, 5.74) is 0.590. The number of carbonyl (C=O) groups is 4. The van der Waals surface area contributed by atoms with Crippen molar-refractivity contribution in [3.05, 3.63) is 29.3 Å². The fraction of sp³-hybridized carbons (Fsp3) is 0.583. The molecule has 0 spiro atoms. The lowest BCUT2D eigenvalue weighted by Gasteiger charge is -2.25. The molecule has 0 bridgehead atoms. The lowest BCUT2D eigenvalue weighted by Crippen LogP contribution is -2.38. The van der Waals surface area contributed by atoms with Crippen molar-refractivity contribution < 1.29 is 43.2 Å². The van der Waals surface area contributed by atoms with Crippen molar-refractivity contribution in [1.82, 2.24) is 4.90 Å². The molecule has 0 aliphatic carbocycles. The summed E-state index contributed by atoms with van der Waals surface area (Å²) in [4.78, 5) is 48.4. The highest BCUT2D eigenvalue weighted by atomic mass is 32.2. The number of rotatable bonds is 21. The number of aliphatic carboxylic acids is 1. The summed E-state index contributed by atoms with van der Waals surface area (Å²) in [5, 5.41) is 8.43. The summed E-state index contributed by atoms with van der Waals surface area (Å²) in [5.74, 6) is -0.804. The molecule has 0 aromatic heterocycles. The van der Waals surface area contributed by atoms with Crippen LogP contribution in [0.4, 0.5) is 0 Å². The molecule has 0 aliphatic rings. The van der Waals surface area contributed by atoms with Crippen molar-refractivity contribution in [2.45, 2.75) is 30.7 Å². The number of thioether (sulfide) groups is 1. The van der Waals surface area contributed by atoms with Crippen LogP contribution in [0.15, 0.2) is 23.1 Å². The normalized spacial score (nSPS) is 11.7. The van der Waals surface area contributed by atoms with Crippen LogP contribution in [0.3, 0.4) is 0 Å². The number of ether oxygens (including phenoxy) is 4. The molecule has 1 unspecified atom stereocenters. The van der Waals surface area contributed by atoms with Gasteiger partial charge in [-0.25, -0.2) is 4.79 Å². The van der Waals surface area contributed by atoms with Gasteiger partial charge in [0.05, 0.1) is 57.9 Å². The number of hydrogen-bond donors (Lipinski definition) is 1. The van der Waals surface area contributed by atoms with Gasteiger partial charge in [0.15, 0.2) is 6.29 Å². The number of nitrogens with zero attached hydrogens (tertiary/aromatic N) is 1. The van der Waals surface area contributed by atoms with Crippen LogP contribution in [-0.4, -0.2) is 106 Å². The van der Waals surface area contributed by atoms with Gasteiger partial charge in [0.1, 0.15) is 12.9 Å². The third-order valence-corrected chi connectivity index (χ3v) is 5.81. The van der Waals surface area contributed by atoms with E-state index in [1.54, 1.807) is 25.2 Å². The van der Waals surface area contributed by atoms with Crippen molar-refractivity contribution in [3.8, 4) is 0 Å². The van der Waals surface area contributed by atoms with Crippen LogP contribution < -0.4 is 0 Å². The van der Waals surface area contributed by atoms with Gasteiger partial charge in [0, 0.05) is 23.3 Å². The van der Waals surface area contributed by atoms with E-state index in [1.807, 2.05) is 6.92 Å². The lowest BCUT2D eigenvalue weighted by molar-refractivity contribution is -0.142. The van der Waals surface area contributed by atoms with Gasteiger partial charge in [-0.2, -0.15) is 0 Å². The van der Waals surface area contributed by atoms with Crippen molar-refractivity contribution >= 4 is 36.2 Å². The molecular weight excluding hydrogens is 478 g/mol. The molecule has 1 aromatic rings. The summed E-state index contributed by atoms with van der Waals surface area (Å²) in [6, 6.07) is 4.56. The molecule has 1 N–H and O–H groups in total. The Hall–Kier alpha value is -2.31. The molecule has 0 fully saturated rings. The number of amides is 1. The molecule has 1 amide bonds. The molecule has 1 aromatic carbocycles. The highest BCUT2D eigenvalue weighted by molar-refractivity contribution is 7.99. The molecular formula is C24H35NO9S. The van der Waals surface area contributed by atoms with E-state index < -0.39 is 12.0 Å². The first-order valence-electron chi connectivity index (χ1n) is 11.4. The molecule has 11 heteroatoms. The minimum atomic E-state index is -1.02. The predicted molar refractivity (Wildman–Crippen MR) is 130 cm³/mol. The van der Waals surface area contributed by atoms with Gasteiger partial charge in [0.25, 0.3) is 5.91 Å². The number of likely N-dealkylation sites (N-methyl/N-ethyl adjacent to an activating group) is 1. The molecule has 35 heavy (non-hydrogen) atoms. The maximum atomic E-state index is 13.1. The first-order valence-corrected chi connectivity index (χ1v) is 12.4. The minimum absolute atomic E-state index is 0.211. The first-order chi connectivity index (χ1) is 17.0. The van der Waals surface area contributed by atoms with Gasteiger partial charge < -0.3 is 33.7 Å². The van der Waals surface area contributed by atoms with Crippen molar-refractivity contribution in [1.29, 1.82) is 0 Å². The standard InChI is InChI=1S/C24H35NO9S/c1-3-5-20(17-27)25(2)24(30)23-19(16-26)6-4-7-21(23)35-15-14-33-11-10-31-8-9-32-12-13-34-18-22(28)29/h4,6-7,16-17,20H,3,5,8-15,18H2,1-2H3,(H,28,29). The fourth-order valence-electron chi connectivity index (χ4n) is 3.00. The minimum Gasteiger partial charge on any atom is -0.480 e. The highest BCUT2D eigenvalue weighted by Gasteiger charge is 2.24. The summed E-state index contributed by atoms with van der Waals surface area (Å²) >= 11 is 1.41. The van der Waals surface area contributed by atoms with Crippen LogP contribution in [0.25, 0.3) is 0 Å². The monoisotopic (exact) mass is 513 g/mol. The fourth-order valence-corrected chi connectivity index (χ4v) is 3.95. The van der Waals surface area contributed by atoms with Crippen molar-refractivity contribution in [2.75, 3.05) is 65.7 Å². The van der Waals surface area contributed by atoms with Gasteiger partial charge >= 0.3 is 5.97 Å². The van der Waals surface area contributed by atoms with Crippen LogP contribution >= 0.6 is 11.8 Å². The largest absolute Gasteiger partial charge is 0.480 e. The van der Waals surface area contributed by atoms with E-state index >= 15 is 0 Å². The molecule has 1 atom stereocenters. The Labute approximate surface area is 210 Å². The van der Waals surface area contributed by atoms with Gasteiger partial charge in [0.2, 0.25) is 0 Å². The van der Waals surface area contributed by atoms with Crippen LogP contribution in [0.5, 0.6) is 0 Å². The number of carbonyl (C=O) groups excluding carboxylic acids is 3. The van der Waals surface area contributed by atoms with E-state index in [1.165, 1.54) is 16.7 Å². The zero-order chi connectivity index (χ0) is 25.9. The third kappa shape index (κ3) is 12.3. The molecule has 10 nitrogen and oxygen atoms in total. The zero-order valence-electron chi connectivity index (χ0n) is 20.3. The highest BCUT2D eigenvalue weighted by Crippen LogP contribution is 2.27. The smallest absolute Gasteiger partial charge is 0.329 e. The summed E-state index contributed by atoms with van der Waals surface area (Å²) in [6.45, 7) is 4.07. The number of benzene rings is 1. The number of carboxylic acids is 1. The van der Waals surface area contributed by atoms with Crippen LogP contribution in [0, 0.1) is 0 Å². The maximum absolute atomic E-state index is 13.1. The average molecular weight is 514 g/mol. The summed E-state index contributed by atoms with van der Waals surface area (Å²) in [6.07, 6.45) is 2.73. The average Bonchev–Trinajstić information content (AvgIpc) is 2.86. The molecule has 0 aliphatic heterocycles. The molecule has 0 radical (unpaired) electrons. The van der Waals surface area contributed by atoms with Crippen LogP contribution in [0.2, 0.25) is 0 Å². The van der Waals surface area contributed by atoms with Gasteiger partial charge in [-0.3, -0.25) is 9.59 Å². The van der Waals surface area contributed by atoms with Crippen molar-refractivity contribution in [3.63, 3.8) is 0 Å². The second-order valence-electron chi connectivity index (χ2n) is 7.38. The van der Waals surface area contributed by atoms with E-state index in [4.69, 9.17) is 24.1 Å². The molecule has 0 heterocycles. The van der Waals surface area contributed by atoms with E-state index in [0.29, 0.717) is 68.6 Å². The summed E-state index contributed by atoms with van der Waals surface area (Å²) in [7, 11) is 1.58. The Morgan fingerprint density at radius 1 is 1.00 bits per heavy atom.